The molecule has 0 amide bonds. The highest BCUT2D eigenvalue weighted by molar-refractivity contribution is 7.90. The van der Waals surface area contributed by atoms with Crippen LogP contribution < -0.4 is 9.47 Å². The van der Waals surface area contributed by atoms with Gasteiger partial charge in [0.05, 0.1) is 24.9 Å². The standard InChI is InChI=1S/C32H36O6S/c1-4-36-32(33)29-19-28(29)23-12-9-22(10-13-23)11-14-24-7-5-8-27-30-21(2)17-26(18-25(30)20-38-31(24)27)37-15-6-16-39(3,34)35/h5,7-10,12-13,17-18,28-29H,4,6,11,14-16,19-20H2,1-3H3/t28-,29+/m1/s1. The molecule has 6 nitrogen and oxygen atoms in total. The van der Waals surface area contributed by atoms with E-state index in [1.54, 1.807) is 0 Å². The van der Waals surface area contributed by atoms with Gasteiger partial charge in [-0.2, -0.15) is 0 Å². The predicted octanol–water partition coefficient (Wildman–Crippen LogP) is 5.82. The smallest absolute Gasteiger partial charge is 0.309 e. The van der Waals surface area contributed by atoms with Gasteiger partial charge in [0, 0.05) is 17.4 Å². The number of sulfone groups is 1. The lowest BCUT2D eigenvalue weighted by Gasteiger charge is -2.25. The van der Waals surface area contributed by atoms with Gasteiger partial charge < -0.3 is 14.2 Å². The van der Waals surface area contributed by atoms with Crippen molar-refractivity contribution in [2.75, 3.05) is 25.2 Å². The van der Waals surface area contributed by atoms with Crippen LogP contribution in [0.4, 0.5) is 0 Å². The molecule has 0 saturated heterocycles. The summed E-state index contributed by atoms with van der Waals surface area (Å²) in [6.07, 6.45) is 4.36. The molecule has 2 aliphatic rings. The Morgan fingerprint density at radius 2 is 1.87 bits per heavy atom. The van der Waals surface area contributed by atoms with Crippen LogP contribution in [0.25, 0.3) is 11.1 Å². The lowest BCUT2D eigenvalue weighted by atomic mass is 9.90. The van der Waals surface area contributed by atoms with Crippen LogP contribution in [-0.2, 0) is 38.8 Å². The summed E-state index contributed by atoms with van der Waals surface area (Å²) in [6.45, 7) is 5.19. The Morgan fingerprint density at radius 3 is 2.62 bits per heavy atom. The van der Waals surface area contributed by atoms with Crippen LogP contribution in [0.1, 0.15) is 53.5 Å². The third-order valence-electron chi connectivity index (χ3n) is 7.53. The van der Waals surface area contributed by atoms with Crippen LogP contribution in [0.15, 0.2) is 54.6 Å². The number of benzene rings is 3. The SMILES string of the molecule is CCOC(=O)[C@H]1C[C@@H]1c1ccc(CCc2cccc3c2OCc2cc(OCCCS(C)(=O)=O)cc(C)c2-3)cc1. The number of esters is 1. The number of carbonyl (C=O) groups excluding carboxylic acids is 1. The van der Waals surface area contributed by atoms with Crippen LogP contribution in [-0.4, -0.2) is 39.6 Å². The first-order chi connectivity index (χ1) is 18.7. The van der Waals surface area contributed by atoms with Crippen LogP contribution in [0, 0.1) is 12.8 Å². The second-order valence-electron chi connectivity index (χ2n) is 10.6. The molecule has 1 aliphatic heterocycles. The number of carbonyl (C=O) groups is 1. The van der Waals surface area contributed by atoms with E-state index in [1.807, 2.05) is 19.1 Å². The first kappa shape index (κ1) is 27.3. The minimum atomic E-state index is -2.99. The quantitative estimate of drug-likeness (QED) is 0.222. The maximum Gasteiger partial charge on any atom is 0.309 e. The highest BCUT2D eigenvalue weighted by atomic mass is 32.2. The molecule has 1 saturated carbocycles. The highest BCUT2D eigenvalue weighted by Gasteiger charge is 2.45. The molecule has 0 aromatic heterocycles. The fourth-order valence-electron chi connectivity index (χ4n) is 5.50. The second kappa shape index (κ2) is 11.4. The molecule has 3 aromatic rings. The van der Waals surface area contributed by atoms with Gasteiger partial charge in [0.25, 0.3) is 0 Å². The molecule has 7 heteroatoms. The zero-order valence-electron chi connectivity index (χ0n) is 22.9. The van der Waals surface area contributed by atoms with Gasteiger partial charge in [0.1, 0.15) is 27.9 Å². The minimum Gasteiger partial charge on any atom is -0.494 e. The lowest BCUT2D eigenvalue weighted by molar-refractivity contribution is -0.144. The van der Waals surface area contributed by atoms with E-state index in [0.717, 1.165) is 47.5 Å². The lowest BCUT2D eigenvalue weighted by Crippen LogP contribution is -2.11. The van der Waals surface area contributed by atoms with Gasteiger partial charge in [-0.3, -0.25) is 4.79 Å². The monoisotopic (exact) mass is 548 g/mol. The summed E-state index contributed by atoms with van der Waals surface area (Å²) in [6, 6.07) is 19.0. The number of para-hydroxylation sites is 1. The summed E-state index contributed by atoms with van der Waals surface area (Å²) in [5, 5.41) is 0. The first-order valence-electron chi connectivity index (χ1n) is 13.7. The van der Waals surface area contributed by atoms with E-state index >= 15 is 0 Å². The summed E-state index contributed by atoms with van der Waals surface area (Å²) < 4.78 is 40.0. The normalized spacial score (nSPS) is 17.5. The summed E-state index contributed by atoms with van der Waals surface area (Å²) in [4.78, 5) is 12.0. The fraction of sp³-hybridized carbons (Fsp3) is 0.406. The molecule has 206 valence electrons. The van der Waals surface area contributed by atoms with E-state index in [-0.39, 0.29) is 23.6 Å². The minimum absolute atomic E-state index is 0.0117. The Labute approximate surface area is 231 Å². The van der Waals surface area contributed by atoms with Crippen molar-refractivity contribution in [2.45, 2.75) is 52.1 Å². The Kier molecular flexibility index (Phi) is 7.98. The van der Waals surface area contributed by atoms with Crippen molar-refractivity contribution in [3.05, 3.63) is 82.4 Å². The molecule has 3 aromatic carbocycles. The van der Waals surface area contributed by atoms with E-state index in [4.69, 9.17) is 14.2 Å². The molecule has 0 unspecified atom stereocenters. The predicted molar refractivity (Wildman–Crippen MR) is 152 cm³/mol. The van der Waals surface area contributed by atoms with Crippen LogP contribution in [0.3, 0.4) is 0 Å². The Bertz CT molecular complexity index is 1460. The van der Waals surface area contributed by atoms with Crippen LogP contribution in [0.5, 0.6) is 11.5 Å². The van der Waals surface area contributed by atoms with E-state index in [9.17, 15) is 13.2 Å². The molecule has 1 heterocycles. The van der Waals surface area contributed by atoms with Crippen molar-refractivity contribution in [3.8, 4) is 22.6 Å². The molecule has 0 bridgehead atoms. The van der Waals surface area contributed by atoms with Crippen LogP contribution >= 0.6 is 0 Å². The molecule has 1 fully saturated rings. The molecule has 0 N–H and O–H groups in total. The fourth-order valence-corrected chi connectivity index (χ4v) is 6.14. The molecule has 0 radical (unpaired) electrons. The van der Waals surface area contributed by atoms with Crippen LogP contribution in [0.2, 0.25) is 0 Å². The van der Waals surface area contributed by atoms with Gasteiger partial charge in [-0.1, -0.05) is 42.5 Å². The van der Waals surface area contributed by atoms with Crippen molar-refractivity contribution in [2.24, 2.45) is 5.92 Å². The van der Waals surface area contributed by atoms with E-state index < -0.39 is 9.84 Å². The zero-order valence-corrected chi connectivity index (χ0v) is 23.7. The number of fused-ring (bicyclic) bond motifs is 3. The van der Waals surface area contributed by atoms with Gasteiger partial charge in [0.2, 0.25) is 0 Å². The second-order valence-corrected chi connectivity index (χ2v) is 12.9. The topological polar surface area (TPSA) is 78.9 Å². The molecule has 2 atom stereocenters. The van der Waals surface area contributed by atoms with Gasteiger partial charge in [-0.15, -0.1) is 0 Å². The summed E-state index contributed by atoms with van der Waals surface area (Å²) in [5.41, 5.74) is 8.14. The van der Waals surface area contributed by atoms with E-state index in [0.29, 0.717) is 26.2 Å². The molecular formula is C32H36O6S. The zero-order chi connectivity index (χ0) is 27.6. The van der Waals surface area contributed by atoms with Crippen molar-refractivity contribution < 1.29 is 27.4 Å². The third kappa shape index (κ3) is 6.47. The van der Waals surface area contributed by atoms with Crippen molar-refractivity contribution in [1.29, 1.82) is 0 Å². The summed E-state index contributed by atoms with van der Waals surface area (Å²) in [5.74, 6) is 2.03. The molecule has 1 aliphatic carbocycles. The van der Waals surface area contributed by atoms with Crippen molar-refractivity contribution in [3.63, 3.8) is 0 Å². The maximum atomic E-state index is 12.0. The summed E-state index contributed by atoms with van der Waals surface area (Å²) in [7, 11) is -2.99. The van der Waals surface area contributed by atoms with Crippen molar-refractivity contribution in [1.82, 2.24) is 0 Å². The third-order valence-corrected chi connectivity index (χ3v) is 8.56. The van der Waals surface area contributed by atoms with Gasteiger partial charge in [0.15, 0.2) is 0 Å². The van der Waals surface area contributed by atoms with Crippen molar-refractivity contribution >= 4 is 15.8 Å². The Morgan fingerprint density at radius 1 is 1.08 bits per heavy atom. The number of ether oxygens (including phenoxy) is 3. The maximum absolute atomic E-state index is 12.0. The highest BCUT2D eigenvalue weighted by Crippen LogP contribution is 2.48. The number of hydrogen-bond donors (Lipinski definition) is 0. The number of hydrogen-bond acceptors (Lipinski definition) is 6. The molecule has 0 spiro atoms. The number of rotatable bonds is 11. The summed E-state index contributed by atoms with van der Waals surface area (Å²) >= 11 is 0. The van der Waals surface area contributed by atoms with Gasteiger partial charge in [-0.05, 0) is 85.4 Å². The number of aryl methyl sites for hydroxylation is 3. The van der Waals surface area contributed by atoms with E-state index in [2.05, 4.69) is 49.4 Å². The first-order valence-corrected chi connectivity index (χ1v) is 15.7. The molecular weight excluding hydrogens is 512 g/mol. The average molecular weight is 549 g/mol. The molecule has 5 rings (SSSR count). The largest absolute Gasteiger partial charge is 0.494 e. The molecule has 39 heavy (non-hydrogen) atoms. The van der Waals surface area contributed by atoms with Gasteiger partial charge in [-0.25, -0.2) is 8.42 Å². The average Bonchev–Trinajstić information content (AvgIpc) is 3.71. The Hall–Kier alpha value is -3.32. The van der Waals surface area contributed by atoms with E-state index in [1.165, 1.54) is 28.5 Å². The van der Waals surface area contributed by atoms with Gasteiger partial charge >= 0.3 is 5.97 Å². The Balaban J connectivity index is 1.24.